The molecule has 2 rings (SSSR count). The van der Waals surface area contributed by atoms with Crippen molar-refractivity contribution in [3.05, 3.63) is 29.8 Å². The van der Waals surface area contributed by atoms with E-state index in [-0.39, 0.29) is 37.1 Å². The number of carbonyl (C=O) groups excluding carboxylic acids is 2. The van der Waals surface area contributed by atoms with E-state index in [2.05, 4.69) is 10.4 Å². The molecule has 0 spiro atoms. The van der Waals surface area contributed by atoms with E-state index in [9.17, 15) is 22.8 Å². The molecule has 6 nitrogen and oxygen atoms in total. The Hall–Kier alpha value is -2.58. The number of halogens is 3. The first-order valence-corrected chi connectivity index (χ1v) is 7.74. The van der Waals surface area contributed by atoms with Gasteiger partial charge < -0.3 is 10.1 Å². The van der Waals surface area contributed by atoms with Gasteiger partial charge in [0.05, 0.1) is 24.4 Å². The average Bonchev–Trinajstić information content (AvgIpc) is 2.96. The molecule has 0 saturated heterocycles. The summed E-state index contributed by atoms with van der Waals surface area (Å²) in [5, 5.41) is 8.00. The van der Waals surface area contributed by atoms with Crippen LogP contribution in [0.15, 0.2) is 29.4 Å². The second kappa shape index (κ2) is 8.00. The van der Waals surface area contributed by atoms with E-state index in [1.165, 1.54) is 17.1 Å². The molecule has 0 bridgehead atoms. The summed E-state index contributed by atoms with van der Waals surface area (Å²) < 4.78 is 43.4. The largest absolute Gasteiger partial charge is 0.466 e. The van der Waals surface area contributed by atoms with Crippen molar-refractivity contribution in [2.24, 2.45) is 11.0 Å². The van der Waals surface area contributed by atoms with Gasteiger partial charge in [-0.15, -0.1) is 0 Å². The highest BCUT2D eigenvalue weighted by Gasteiger charge is 2.32. The molecule has 0 aliphatic carbocycles. The number of nitrogens with one attached hydrogen (secondary N) is 1. The SMILES string of the molecule is CCOC(=O)CCC1CN(c2cccc(C(F)(F)F)c2)N=C1NC=O. The quantitative estimate of drug-likeness (QED) is 0.627. The molecular weight excluding hydrogens is 339 g/mol. The Morgan fingerprint density at radius 1 is 1.48 bits per heavy atom. The number of amides is 1. The van der Waals surface area contributed by atoms with Crippen LogP contribution in [0.4, 0.5) is 18.9 Å². The highest BCUT2D eigenvalue weighted by molar-refractivity contribution is 5.95. The molecule has 25 heavy (non-hydrogen) atoms. The normalized spacial score (nSPS) is 17.2. The van der Waals surface area contributed by atoms with Crippen molar-refractivity contribution < 1.29 is 27.5 Å². The molecule has 1 atom stereocenters. The number of rotatable bonds is 6. The van der Waals surface area contributed by atoms with Gasteiger partial charge in [-0.2, -0.15) is 18.3 Å². The number of hydrogen-bond donors (Lipinski definition) is 1. The molecule has 0 aromatic heterocycles. The van der Waals surface area contributed by atoms with Crippen molar-refractivity contribution in [3.63, 3.8) is 0 Å². The molecule has 1 aliphatic heterocycles. The van der Waals surface area contributed by atoms with Crippen LogP contribution in [0.1, 0.15) is 25.3 Å². The van der Waals surface area contributed by atoms with E-state index in [4.69, 9.17) is 4.74 Å². The van der Waals surface area contributed by atoms with Gasteiger partial charge in [0.15, 0.2) is 0 Å². The van der Waals surface area contributed by atoms with Crippen molar-refractivity contribution in [1.29, 1.82) is 0 Å². The van der Waals surface area contributed by atoms with Crippen LogP contribution in [0.5, 0.6) is 0 Å². The summed E-state index contributed by atoms with van der Waals surface area (Å²) in [7, 11) is 0. The fourth-order valence-electron chi connectivity index (χ4n) is 2.51. The summed E-state index contributed by atoms with van der Waals surface area (Å²) in [6, 6.07) is 4.78. The summed E-state index contributed by atoms with van der Waals surface area (Å²) in [5.74, 6) is -0.341. The average molecular weight is 357 g/mol. The predicted molar refractivity (Wildman–Crippen MR) is 84.8 cm³/mol. The van der Waals surface area contributed by atoms with E-state index in [0.29, 0.717) is 18.7 Å². The Bertz CT molecular complexity index is 662. The van der Waals surface area contributed by atoms with E-state index < -0.39 is 11.7 Å². The zero-order valence-electron chi connectivity index (χ0n) is 13.5. The molecular formula is C16H18F3N3O3. The lowest BCUT2D eigenvalue weighted by molar-refractivity contribution is -0.143. The Labute approximate surface area is 142 Å². The zero-order chi connectivity index (χ0) is 18.4. The van der Waals surface area contributed by atoms with Gasteiger partial charge in [-0.1, -0.05) is 6.07 Å². The first-order chi connectivity index (χ1) is 11.8. The lowest BCUT2D eigenvalue weighted by Crippen LogP contribution is -2.29. The third kappa shape index (κ3) is 4.94. The summed E-state index contributed by atoms with van der Waals surface area (Å²) in [6.45, 7) is 2.23. The maximum Gasteiger partial charge on any atom is 0.416 e. The maximum absolute atomic E-state index is 12.8. The van der Waals surface area contributed by atoms with Gasteiger partial charge in [-0.3, -0.25) is 14.6 Å². The van der Waals surface area contributed by atoms with Gasteiger partial charge in [-0.05, 0) is 31.5 Å². The Kier molecular flexibility index (Phi) is 6.00. The van der Waals surface area contributed by atoms with Crippen molar-refractivity contribution >= 4 is 23.9 Å². The smallest absolute Gasteiger partial charge is 0.416 e. The monoisotopic (exact) mass is 357 g/mol. The van der Waals surface area contributed by atoms with E-state index >= 15 is 0 Å². The van der Waals surface area contributed by atoms with Gasteiger partial charge in [0.1, 0.15) is 5.84 Å². The highest BCUT2D eigenvalue weighted by Crippen LogP contribution is 2.33. The number of anilines is 1. The van der Waals surface area contributed by atoms with Crippen molar-refractivity contribution in [3.8, 4) is 0 Å². The van der Waals surface area contributed by atoms with Crippen molar-refractivity contribution in [2.45, 2.75) is 25.9 Å². The van der Waals surface area contributed by atoms with E-state index in [1.807, 2.05) is 0 Å². The Morgan fingerprint density at radius 2 is 2.24 bits per heavy atom. The molecule has 0 saturated carbocycles. The zero-order valence-corrected chi connectivity index (χ0v) is 13.5. The summed E-state index contributed by atoms with van der Waals surface area (Å²) >= 11 is 0. The van der Waals surface area contributed by atoms with Gasteiger partial charge >= 0.3 is 12.1 Å². The van der Waals surface area contributed by atoms with Crippen LogP contribution >= 0.6 is 0 Å². The molecule has 1 aliphatic rings. The molecule has 1 amide bonds. The van der Waals surface area contributed by atoms with Gasteiger partial charge in [0.2, 0.25) is 6.41 Å². The molecule has 0 fully saturated rings. The summed E-state index contributed by atoms with van der Waals surface area (Å²) in [6.07, 6.45) is -3.50. The molecule has 9 heteroatoms. The number of hydrogen-bond acceptors (Lipinski definition) is 5. The van der Waals surface area contributed by atoms with Crippen LogP contribution in [0.3, 0.4) is 0 Å². The highest BCUT2D eigenvalue weighted by atomic mass is 19.4. The van der Waals surface area contributed by atoms with Crippen molar-refractivity contribution in [1.82, 2.24) is 5.32 Å². The second-order valence-corrected chi connectivity index (χ2v) is 5.42. The third-order valence-electron chi connectivity index (χ3n) is 3.69. The van der Waals surface area contributed by atoms with E-state index in [0.717, 1.165) is 12.1 Å². The number of esters is 1. The number of benzene rings is 1. The number of ether oxygens (including phenoxy) is 1. The first kappa shape index (κ1) is 18.8. The lowest BCUT2D eigenvalue weighted by atomic mass is 10.0. The molecule has 1 heterocycles. The third-order valence-corrected chi connectivity index (χ3v) is 3.69. The minimum absolute atomic E-state index is 0.133. The van der Waals surface area contributed by atoms with Crippen LogP contribution in [0.25, 0.3) is 0 Å². The lowest BCUT2D eigenvalue weighted by Gasteiger charge is -2.17. The van der Waals surface area contributed by atoms with Gasteiger partial charge in [0, 0.05) is 12.3 Å². The van der Waals surface area contributed by atoms with Crippen LogP contribution in [0, 0.1) is 5.92 Å². The molecule has 1 unspecified atom stereocenters. The number of alkyl halides is 3. The number of carbonyl (C=O) groups is 2. The topological polar surface area (TPSA) is 71.0 Å². The minimum atomic E-state index is -4.45. The molecule has 136 valence electrons. The van der Waals surface area contributed by atoms with Crippen LogP contribution in [-0.2, 0) is 20.5 Å². The van der Waals surface area contributed by atoms with Gasteiger partial charge in [-0.25, -0.2) is 0 Å². The molecule has 1 aromatic carbocycles. The number of amidine groups is 1. The molecule has 1 N–H and O–H groups in total. The standard InChI is InChI=1S/C16H18F3N3O3/c1-2-25-14(24)7-6-11-9-22(21-15(11)20-10-23)13-5-3-4-12(8-13)16(17,18)19/h3-5,8,10-11H,2,6-7,9H2,1H3,(H,20,21,23). The number of nitrogens with zero attached hydrogens (tertiary/aromatic N) is 2. The fourth-order valence-corrected chi connectivity index (χ4v) is 2.51. The van der Waals surface area contributed by atoms with Crippen LogP contribution in [-0.4, -0.2) is 31.4 Å². The van der Waals surface area contributed by atoms with Gasteiger partial charge in [0.25, 0.3) is 0 Å². The Morgan fingerprint density at radius 3 is 2.88 bits per heavy atom. The first-order valence-electron chi connectivity index (χ1n) is 7.74. The van der Waals surface area contributed by atoms with Crippen LogP contribution in [0.2, 0.25) is 0 Å². The molecule has 1 aromatic rings. The predicted octanol–water partition coefficient (Wildman–Crippen LogP) is 2.54. The second-order valence-electron chi connectivity index (χ2n) is 5.42. The number of hydrazone groups is 1. The molecule has 0 radical (unpaired) electrons. The summed E-state index contributed by atoms with van der Waals surface area (Å²) in [4.78, 5) is 22.2. The maximum atomic E-state index is 12.8. The fraction of sp³-hybridized carbons (Fsp3) is 0.438. The Balaban J connectivity index is 2.13. The minimum Gasteiger partial charge on any atom is -0.466 e. The summed E-state index contributed by atoms with van der Waals surface area (Å²) in [5.41, 5.74) is -0.515. The van der Waals surface area contributed by atoms with Crippen molar-refractivity contribution in [2.75, 3.05) is 18.2 Å². The van der Waals surface area contributed by atoms with Crippen LogP contribution < -0.4 is 10.3 Å². The van der Waals surface area contributed by atoms with E-state index in [1.54, 1.807) is 6.92 Å².